The lowest BCUT2D eigenvalue weighted by molar-refractivity contribution is 0.951. The van der Waals surface area contributed by atoms with Crippen molar-refractivity contribution in [3.63, 3.8) is 0 Å². The Morgan fingerprint density at radius 2 is 2.56 bits per heavy atom. The van der Waals surface area contributed by atoms with Gasteiger partial charge in [-0.2, -0.15) is 0 Å². The Labute approximate surface area is 55.5 Å². The molecule has 2 nitrogen and oxygen atoms in total. The van der Waals surface area contributed by atoms with Crippen molar-refractivity contribution >= 4 is 5.71 Å². The molecule has 2 N–H and O–H groups in total. The molecule has 0 spiro atoms. The summed E-state index contributed by atoms with van der Waals surface area (Å²) in [5.74, 6) is 0. The van der Waals surface area contributed by atoms with Gasteiger partial charge in [-0.1, -0.05) is 0 Å². The van der Waals surface area contributed by atoms with E-state index in [-0.39, 0.29) is 0 Å². The smallest absolute Gasteiger partial charge is 0.0396 e. The first-order valence-corrected chi connectivity index (χ1v) is 3.26. The monoisotopic (exact) mass is 124 g/mol. The molecular weight excluding hydrogens is 112 g/mol. The number of nitrogens with two attached hydrogens (primary N) is 1. The van der Waals surface area contributed by atoms with Gasteiger partial charge >= 0.3 is 0 Å². The van der Waals surface area contributed by atoms with Crippen LogP contribution in [0.15, 0.2) is 16.8 Å². The topological polar surface area (TPSA) is 38.4 Å². The highest BCUT2D eigenvalue weighted by Crippen LogP contribution is 2.04. The number of allylic oxidation sites excluding steroid dienone is 2. The van der Waals surface area contributed by atoms with Crippen molar-refractivity contribution in [3.8, 4) is 0 Å². The normalized spacial score (nSPS) is 20.1. The molecule has 0 aromatic heterocycles. The predicted molar refractivity (Wildman–Crippen MR) is 39.5 cm³/mol. The summed E-state index contributed by atoms with van der Waals surface area (Å²) in [6.45, 7) is 2.87. The zero-order valence-corrected chi connectivity index (χ0v) is 5.72. The second-order valence-corrected chi connectivity index (χ2v) is 2.36. The molecule has 1 heterocycles. The Balaban J connectivity index is 2.53. The molecule has 1 rings (SSSR count). The van der Waals surface area contributed by atoms with Crippen LogP contribution in [0.1, 0.15) is 19.8 Å². The van der Waals surface area contributed by atoms with Crippen molar-refractivity contribution in [1.29, 1.82) is 0 Å². The van der Waals surface area contributed by atoms with Crippen LogP contribution in [0, 0.1) is 0 Å². The Kier molecular flexibility index (Phi) is 1.88. The summed E-state index contributed by atoms with van der Waals surface area (Å²) >= 11 is 0. The van der Waals surface area contributed by atoms with Gasteiger partial charge in [0.25, 0.3) is 0 Å². The quantitative estimate of drug-likeness (QED) is 0.558. The van der Waals surface area contributed by atoms with E-state index in [1.165, 1.54) is 6.42 Å². The minimum absolute atomic E-state index is 0.857. The van der Waals surface area contributed by atoms with Crippen LogP contribution in [0.3, 0.4) is 0 Å². The van der Waals surface area contributed by atoms with Crippen molar-refractivity contribution in [3.05, 3.63) is 11.8 Å². The summed E-state index contributed by atoms with van der Waals surface area (Å²) in [6, 6.07) is 0. The van der Waals surface area contributed by atoms with Crippen LogP contribution in [-0.2, 0) is 0 Å². The van der Waals surface area contributed by atoms with Gasteiger partial charge in [0, 0.05) is 18.0 Å². The molecule has 0 aromatic carbocycles. The fraction of sp³-hybridized carbons (Fsp3) is 0.571. The first-order valence-electron chi connectivity index (χ1n) is 3.26. The molecule has 0 atom stereocenters. The molecule has 0 saturated carbocycles. The lowest BCUT2D eigenvalue weighted by atomic mass is 10.2. The first kappa shape index (κ1) is 6.33. The van der Waals surface area contributed by atoms with Gasteiger partial charge in [-0.15, -0.1) is 0 Å². The molecule has 9 heavy (non-hydrogen) atoms. The highest BCUT2D eigenvalue weighted by Gasteiger charge is 2.01. The molecule has 50 valence electrons. The number of hydrogen-bond donors (Lipinski definition) is 1. The van der Waals surface area contributed by atoms with Gasteiger partial charge in [0.05, 0.1) is 0 Å². The number of hydrogen-bond acceptors (Lipinski definition) is 2. The summed E-state index contributed by atoms with van der Waals surface area (Å²) in [6.07, 6.45) is 4.25. The number of nitrogens with zero attached hydrogens (tertiary/aromatic N) is 1. The lowest BCUT2D eigenvalue weighted by Crippen LogP contribution is -1.95. The van der Waals surface area contributed by atoms with E-state index in [1.54, 1.807) is 0 Å². The molecule has 2 heteroatoms. The molecule has 0 fully saturated rings. The second-order valence-electron chi connectivity index (χ2n) is 2.36. The lowest BCUT2D eigenvalue weighted by Gasteiger charge is -1.89. The van der Waals surface area contributed by atoms with Gasteiger partial charge in [-0.05, 0) is 25.8 Å². The van der Waals surface area contributed by atoms with E-state index in [4.69, 9.17) is 5.73 Å². The van der Waals surface area contributed by atoms with E-state index < -0.39 is 0 Å². The Bertz CT molecular complexity index is 152. The second kappa shape index (κ2) is 2.67. The van der Waals surface area contributed by atoms with E-state index >= 15 is 0 Å². The standard InChI is InChI=1S/C7H12N2/c1-6(8)5-7-3-2-4-9-7/h5H,2-4,8H2,1H3/b6-5-. The molecule has 0 bridgehead atoms. The summed E-state index contributed by atoms with van der Waals surface area (Å²) in [4.78, 5) is 4.24. The van der Waals surface area contributed by atoms with Gasteiger partial charge < -0.3 is 5.73 Å². The van der Waals surface area contributed by atoms with E-state index in [9.17, 15) is 0 Å². The molecule has 0 aromatic rings. The van der Waals surface area contributed by atoms with Gasteiger partial charge in [-0.25, -0.2) is 0 Å². The van der Waals surface area contributed by atoms with E-state index in [0.29, 0.717) is 0 Å². The minimum atomic E-state index is 0.857. The third-order valence-electron chi connectivity index (χ3n) is 1.30. The zero-order chi connectivity index (χ0) is 6.69. The van der Waals surface area contributed by atoms with E-state index in [1.807, 2.05) is 13.0 Å². The number of rotatable bonds is 1. The molecule has 1 aliphatic heterocycles. The van der Waals surface area contributed by atoms with Gasteiger partial charge in [0.2, 0.25) is 0 Å². The Morgan fingerprint density at radius 3 is 3.00 bits per heavy atom. The average Bonchev–Trinajstić information content (AvgIpc) is 2.15. The van der Waals surface area contributed by atoms with Gasteiger partial charge in [0.15, 0.2) is 0 Å². The SMILES string of the molecule is C/C(N)=C/C1=NCCC1. The Hall–Kier alpha value is -0.790. The maximum absolute atomic E-state index is 5.45. The van der Waals surface area contributed by atoms with Crippen molar-refractivity contribution in [2.75, 3.05) is 6.54 Å². The van der Waals surface area contributed by atoms with Crippen LogP contribution >= 0.6 is 0 Å². The minimum Gasteiger partial charge on any atom is -0.402 e. The largest absolute Gasteiger partial charge is 0.402 e. The first-order chi connectivity index (χ1) is 4.29. The summed E-state index contributed by atoms with van der Waals surface area (Å²) in [5, 5.41) is 0. The van der Waals surface area contributed by atoms with Crippen LogP contribution < -0.4 is 5.73 Å². The molecule has 1 aliphatic rings. The van der Waals surface area contributed by atoms with Gasteiger partial charge in [0.1, 0.15) is 0 Å². The third-order valence-corrected chi connectivity index (χ3v) is 1.30. The van der Waals surface area contributed by atoms with Crippen LogP contribution in [0.25, 0.3) is 0 Å². The van der Waals surface area contributed by atoms with E-state index in [2.05, 4.69) is 4.99 Å². The van der Waals surface area contributed by atoms with Crippen LogP contribution in [0.5, 0.6) is 0 Å². The molecule has 0 saturated heterocycles. The van der Waals surface area contributed by atoms with Gasteiger partial charge in [-0.3, -0.25) is 4.99 Å². The number of aliphatic imine (C=N–C) groups is 1. The summed E-state index contributed by atoms with van der Waals surface area (Å²) in [5.41, 5.74) is 7.47. The van der Waals surface area contributed by atoms with Crippen molar-refractivity contribution in [2.24, 2.45) is 10.7 Å². The highest BCUT2D eigenvalue weighted by atomic mass is 14.8. The maximum Gasteiger partial charge on any atom is 0.0396 e. The Morgan fingerprint density at radius 1 is 1.78 bits per heavy atom. The highest BCUT2D eigenvalue weighted by molar-refractivity contribution is 5.96. The zero-order valence-electron chi connectivity index (χ0n) is 5.72. The molecule has 0 aliphatic carbocycles. The summed E-state index contributed by atoms with van der Waals surface area (Å²) in [7, 11) is 0. The molecule has 0 radical (unpaired) electrons. The molecular formula is C7H12N2. The maximum atomic E-state index is 5.45. The van der Waals surface area contributed by atoms with Crippen LogP contribution in [0.4, 0.5) is 0 Å². The molecule has 0 unspecified atom stereocenters. The fourth-order valence-electron chi connectivity index (χ4n) is 0.943. The van der Waals surface area contributed by atoms with E-state index in [0.717, 1.165) is 24.4 Å². The van der Waals surface area contributed by atoms with Crippen molar-refractivity contribution < 1.29 is 0 Å². The summed E-state index contributed by atoms with van der Waals surface area (Å²) < 4.78 is 0. The average molecular weight is 124 g/mol. The third kappa shape index (κ3) is 1.88. The molecule has 0 amide bonds. The fourth-order valence-corrected chi connectivity index (χ4v) is 0.943. The van der Waals surface area contributed by atoms with Crippen LogP contribution in [-0.4, -0.2) is 12.3 Å². The predicted octanol–water partition coefficient (Wildman–Crippen LogP) is 1.08. The van der Waals surface area contributed by atoms with Crippen molar-refractivity contribution in [1.82, 2.24) is 0 Å². The van der Waals surface area contributed by atoms with Crippen LogP contribution in [0.2, 0.25) is 0 Å². The van der Waals surface area contributed by atoms with Crippen molar-refractivity contribution in [2.45, 2.75) is 19.8 Å².